The molecule has 0 saturated carbocycles. The van der Waals surface area contributed by atoms with Crippen molar-refractivity contribution >= 4 is 23.6 Å². The van der Waals surface area contributed by atoms with Crippen molar-refractivity contribution in [2.24, 2.45) is 0 Å². The van der Waals surface area contributed by atoms with Gasteiger partial charge in [-0.25, -0.2) is 0 Å². The Morgan fingerprint density at radius 1 is 1.73 bits per heavy atom. The normalized spacial score (nSPS) is 26.6. The van der Waals surface area contributed by atoms with Crippen LogP contribution >= 0.6 is 11.8 Å². The predicted octanol–water partition coefficient (Wildman–Crippen LogP) is 0.543. The first-order valence-corrected chi connectivity index (χ1v) is 4.47. The standard InChI is InChI=1S/C7H11NO2S/c1-4(2)11-5-3-6(9)8-7(5)10/h4-5H,3H2,1-2H3,(H,8,9,10)/i/hT. The summed E-state index contributed by atoms with van der Waals surface area (Å²) in [6.45, 7) is 3.93. The maximum absolute atomic E-state index is 11.1. The summed E-state index contributed by atoms with van der Waals surface area (Å²) >= 11 is 1.45. The molecule has 1 saturated heterocycles. The van der Waals surface area contributed by atoms with Crippen LogP contribution in [0.2, 0.25) is 1.41 Å². The van der Waals surface area contributed by atoms with Crippen LogP contribution in [-0.2, 0) is 9.59 Å². The van der Waals surface area contributed by atoms with E-state index < -0.39 is 5.91 Å². The van der Waals surface area contributed by atoms with Crippen molar-refractivity contribution in [3.05, 3.63) is 0 Å². The lowest BCUT2D eigenvalue weighted by Crippen LogP contribution is -2.23. The Balaban J connectivity index is 2.59. The van der Waals surface area contributed by atoms with Crippen molar-refractivity contribution in [3.63, 3.8) is 0 Å². The molecular formula is C7H11NO2S. The maximum Gasteiger partial charge on any atom is 0.240 e. The monoisotopic (exact) mass is 175 g/mol. The molecule has 0 aromatic rings. The molecule has 4 heteroatoms. The van der Waals surface area contributed by atoms with Gasteiger partial charge in [0, 0.05) is 6.42 Å². The van der Waals surface area contributed by atoms with E-state index in [9.17, 15) is 9.59 Å². The minimum atomic E-state index is -0.391. The number of imide groups is 1. The summed E-state index contributed by atoms with van der Waals surface area (Å²) in [5.41, 5.74) is 0. The number of carbonyl (C=O) groups is 2. The van der Waals surface area contributed by atoms with E-state index in [1.807, 2.05) is 13.8 Å². The largest absolute Gasteiger partial charge is 0.295 e. The summed E-state index contributed by atoms with van der Waals surface area (Å²) in [7, 11) is 0. The number of nitrogens with one attached hydrogen (secondary N) is 1. The van der Waals surface area contributed by atoms with Gasteiger partial charge in [-0.3, -0.25) is 14.9 Å². The molecule has 1 heterocycles. The van der Waals surface area contributed by atoms with Crippen LogP contribution in [-0.4, -0.2) is 22.3 Å². The summed E-state index contributed by atoms with van der Waals surface area (Å²) in [6.07, 6.45) is 0.186. The van der Waals surface area contributed by atoms with E-state index in [4.69, 9.17) is 1.41 Å². The van der Waals surface area contributed by atoms with Crippen LogP contribution in [0.15, 0.2) is 0 Å². The minimum absolute atomic E-state index is 0.186. The fourth-order valence-corrected chi connectivity index (χ4v) is 1.99. The van der Waals surface area contributed by atoms with Crippen molar-refractivity contribution in [2.45, 2.75) is 30.8 Å². The van der Waals surface area contributed by atoms with Gasteiger partial charge in [0.1, 0.15) is 0 Å². The van der Waals surface area contributed by atoms with E-state index in [-0.39, 0.29) is 17.6 Å². The molecule has 0 bridgehead atoms. The van der Waals surface area contributed by atoms with Crippen LogP contribution in [0.1, 0.15) is 20.3 Å². The van der Waals surface area contributed by atoms with Crippen LogP contribution in [0, 0.1) is 0 Å². The molecule has 11 heavy (non-hydrogen) atoms. The highest BCUT2D eigenvalue weighted by Gasteiger charge is 2.31. The van der Waals surface area contributed by atoms with Crippen molar-refractivity contribution in [1.82, 2.24) is 5.31 Å². The van der Waals surface area contributed by atoms with Gasteiger partial charge in [0.2, 0.25) is 11.8 Å². The number of thioether (sulfide) groups is 1. The number of rotatable bonds is 2. The van der Waals surface area contributed by atoms with Gasteiger partial charge in [-0.2, -0.15) is 0 Å². The van der Waals surface area contributed by atoms with Crippen molar-refractivity contribution in [2.75, 3.05) is 0 Å². The fourth-order valence-electron chi connectivity index (χ4n) is 0.921. The molecule has 1 unspecified atom stereocenters. The smallest absolute Gasteiger partial charge is 0.240 e. The van der Waals surface area contributed by atoms with E-state index in [0.717, 1.165) is 0 Å². The Morgan fingerprint density at radius 2 is 2.36 bits per heavy atom. The molecule has 0 aliphatic carbocycles. The summed E-state index contributed by atoms with van der Waals surface area (Å²) in [6, 6.07) is 0. The molecule has 0 radical (unpaired) electrons. The van der Waals surface area contributed by atoms with E-state index >= 15 is 0 Å². The van der Waals surface area contributed by atoms with Crippen LogP contribution < -0.4 is 5.31 Å². The molecule has 3 nitrogen and oxygen atoms in total. The quantitative estimate of drug-likeness (QED) is 0.623. The SMILES string of the molecule is [3H]N1C(=O)CC(SC(C)C)C1=O. The van der Waals surface area contributed by atoms with Crippen molar-refractivity contribution in [1.29, 1.82) is 0 Å². The Bertz CT molecular complexity index is 219. The molecule has 1 rings (SSSR count). The molecule has 62 valence electrons. The second kappa shape index (κ2) is 3.26. The highest BCUT2D eigenvalue weighted by atomic mass is 32.2. The molecule has 2 amide bonds. The predicted molar refractivity (Wildman–Crippen MR) is 44.3 cm³/mol. The zero-order valence-electron chi connectivity index (χ0n) is 7.53. The first-order chi connectivity index (χ1) is 5.52. The number of hydrogen-bond donors (Lipinski definition) is 1. The van der Waals surface area contributed by atoms with Crippen LogP contribution in [0.5, 0.6) is 0 Å². The van der Waals surface area contributed by atoms with Gasteiger partial charge >= 0.3 is 0 Å². The zero-order valence-corrected chi connectivity index (χ0v) is 7.35. The Morgan fingerprint density at radius 3 is 2.73 bits per heavy atom. The number of amides is 2. The molecule has 1 aliphatic heterocycles. The fraction of sp³-hybridized carbons (Fsp3) is 0.714. The molecule has 1 fully saturated rings. The summed E-state index contributed by atoms with van der Waals surface area (Å²) < 4.78 is 7.04. The highest BCUT2D eigenvalue weighted by Crippen LogP contribution is 2.23. The summed E-state index contributed by atoms with van der Waals surface area (Å²) in [5.74, 6) is -0.767. The van der Waals surface area contributed by atoms with Crippen molar-refractivity contribution in [3.8, 4) is 0 Å². The van der Waals surface area contributed by atoms with Gasteiger partial charge in [0.25, 0.3) is 0 Å². The second-order valence-corrected chi connectivity index (χ2v) is 4.51. The Labute approximate surface area is 71.4 Å². The van der Waals surface area contributed by atoms with Crippen LogP contribution in [0.4, 0.5) is 0 Å². The highest BCUT2D eigenvalue weighted by molar-refractivity contribution is 8.01. The van der Waals surface area contributed by atoms with Crippen molar-refractivity contribution < 1.29 is 11.0 Å². The molecule has 0 aromatic carbocycles. The second-order valence-electron chi connectivity index (χ2n) is 2.72. The third-order valence-corrected chi connectivity index (χ3v) is 2.55. The topological polar surface area (TPSA) is 46.2 Å². The first kappa shape index (κ1) is 7.16. The molecule has 1 N–H and O–H groups in total. The van der Waals surface area contributed by atoms with E-state index in [1.54, 1.807) is 0 Å². The molecule has 1 aliphatic rings. The summed E-state index contributed by atoms with van der Waals surface area (Å²) in [4.78, 5) is 22.0. The average molecular weight is 175 g/mol. The lowest BCUT2D eigenvalue weighted by Gasteiger charge is -2.07. The number of carbonyl (C=O) groups excluding carboxylic acids is 2. The lowest BCUT2D eigenvalue weighted by atomic mass is 10.4. The van der Waals surface area contributed by atoms with Crippen LogP contribution in [0.3, 0.4) is 0 Å². The third-order valence-electron chi connectivity index (χ3n) is 1.31. The zero-order chi connectivity index (χ0) is 9.30. The van der Waals surface area contributed by atoms with Gasteiger partial charge in [0.05, 0.1) is 5.25 Å². The maximum atomic E-state index is 11.1. The van der Waals surface area contributed by atoms with Gasteiger partial charge in [0.15, 0.2) is 1.41 Å². The van der Waals surface area contributed by atoms with Gasteiger partial charge in [-0.05, 0) is 5.25 Å². The average Bonchev–Trinajstić information content (AvgIpc) is 2.17. The minimum Gasteiger partial charge on any atom is -0.295 e. The molecule has 0 aromatic heterocycles. The molecule has 1 atom stereocenters. The van der Waals surface area contributed by atoms with Gasteiger partial charge in [-0.15, -0.1) is 11.8 Å². The van der Waals surface area contributed by atoms with Crippen LogP contribution in [0.25, 0.3) is 0 Å². The van der Waals surface area contributed by atoms with E-state index in [0.29, 0.717) is 10.6 Å². The summed E-state index contributed by atoms with van der Waals surface area (Å²) in [5, 5.41) is 0.466. The molecule has 0 spiro atoms. The van der Waals surface area contributed by atoms with Gasteiger partial charge < -0.3 is 0 Å². The van der Waals surface area contributed by atoms with E-state index in [1.165, 1.54) is 11.8 Å². The Kier molecular flexibility index (Phi) is 2.12. The number of hydrogen-bond acceptors (Lipinski definition) is 3. The molecular weight excluding hydrogens is 162 g/mol. The lowest BCUT2D eigenvalue weighted by molar-refractivity contribution is -0.124. The Hall–Kier alpha value is -0.510. The first-order valence-electron chi connectivity index (χ1n) is 3.98. The van der Waals surface area contributed by atoms with E-state index in [2.05, 4.69) is 0 Å². The third kappa shape index (κ3) is 2.22. The van der Waals surface area contributed by atoms with Gasteiger partial charge in [-0.1, -0.05) is 13.8 Å².